The van der Waals surface area contributed by atoms with Crippen molar-refractivity contribution in [3.63, 3.8) is 0 Å². The lowest BCUT2D eigenvalue weighted by atomic mass is 10.1. The number of hydrogen-bond acceptors (Lipinski definition) is 3. The molecule has 1 aromatic heterocycles. The third-order valence-corrected chi connectivity index (χ3v) is 5.14. The maximum absolute atomic E-state index is 11.8. The van der Waals surface area contributed by atoms with Gasteiger partial charge >= 0.3 is 0 Å². The summed E-state index contributed by atoms with van der Waals surface area (Å²) < 4.78 is 1.14. The molecule has 0 spiro atoms. The van der Waals surface area contributed by atoms with Crippen molar-refractivity contribution in [3.8, 4) is 0 Å². The molecule has 1 aromatic carbocycles. The summed E-state index contributed by atoms with van der Waals surface area (Å²) in [5.41, 5.74) is 2.29. The lowest BCUT2D eigenvalue weighted by Gasteiger charge is -2.04. The van der Waals surface area contributed by atoms with Gasteiger partial charge in [0.25, 0.3) is 0 Å². The highest BCUT2D eigenvalue weighted by Crippen LogP contribution is 2.27. The second-order valence-electron chi connectivity index (χ2n) is 4.79. The monoisotopic (exact) mass is 354 g/mol. The zero-order valence-corrected chi connectivity index (χ0v) is 14.2. The van der Waals surface area contributed by atoms with Gasteiger partial charge in [-0.15, -0.1) is 0 Å². The minimum absolute atomic E-state index is 0.0298. The van der Waals surface area contributed by atoms with Crippen molar-refractivity contribution in [1.29, 1.82) is 0 Å². The number of thiazole rings is 1. The molecule has 2 aromatic rings. The van der Waals surface area contributed by atoms with Crippen molar-refractivity contribution in [2.24, 2.45) is 0 Å². The number of aryl methyl sites for hydroxylation is 1. The highest BCUT2D eigenvalue weighted by atomic mass is 79.9. The molecule has 0 bridgehead atoms. The number of alkyl halides is 1. The zero-order chi connectivity index (χ0) is 14.5. The Kier molecular flexibility index (Phi) is 5.54. The van der Waals surface area contributed by atoms with Crippen molar-refractivity contribution < 1.29 is 4.79 Å². The number of anilines is 1. The van der Waals surface area contributed by atoms with E-state index in [1.807, 2.05) is 13.0 Å². The first kappa shape index (κ1) is 15.4. The standard InChI is InChI=1S/C15H19BrN2OS/c1-3-5-6-10-7-8-12-13(9-10)20-15(17-12)18-14(19)11(16)4-2/h7-9,11H,3-6H2,1-2H3,(H,17,18,19)/t11-/m1/s1. The van der Waals surface area contributed by atoms with Crippen molar-refractivity contribution in [2.45, 2.75) is 44.4 Å². The van der Waals surface area contributed by atoms with E-state index in [4.69, 9.17) is 0 Å². The second-order valence-corrected chi connectivity index (χ2v) is 6.93. The number of benzene rings is 1. The quantitative estimate of drug-likeness (QED) is 0.760. The lowest BCUT2D eigenvalue weighted by molar-refractivity contribution is -0.115. The molecule has 0 aliphatic carbocycles. The van der Waals surface area contributed by atoms with Gasteiger partial charge in [-0.25, -0.2) is 4.98 Å². The number of aromatic nitrogens is 1. The molecule has 0 fully saturated rings. The van der Waals surface area contributed by atoms with Gasteiger partial charge in [0.05, 0.1) is 15.0 Å². The number of nitrogens with one attached hydrogen (secondary N) is 1. The van der Waals surface area contributed by atoms with Crippen LogP contribution in [0.2, 0.25) is 0 Å². The van der Waals surface area contributed by atoms with Crippen LogP contribution in [0.15, 0.2) is 18.2 Å². The largest absolute Gasteiger partial charge is 0.301 e. The molecule has 1 heterocycles. The summed E-state index contributed by atoms with van der Waals surface area (Å²) in [6.45, 7) is 4.17. The van der Waals surface area contributed by atoms with Crippen LogP contribution in [0.5, 0.6) is 0 Å². The van der Waals surface area contributed by atoms with Crippen LogP contribution in [0.1, 0.15) is 38.7 Å². The molecule has 1 atom stereocenters. The fourth-order valence-corrected chi connectivity index (χ4v) is 2.97. The number of unbranched alkanes of at least 4 members (excludes halogenated alkanes) is 1. The van der Waals surface area contributed by atoms with E-state index in [-0.39, 0.29) is 10.7 Å². The fourth-order valence-electron chi connectivity index (χ4n) is 1.93. The van der Waals surface area contributed by atoms with Crippen LogP contribution < -0.4 is 5.32 Å². The van der Waals surface area contributed by atoms with Gasteiger partial charge in [-0.2, -0.15) is 0 Å². The molecule has 0 radical (unpaired) electrons. The Morgan fingerprint density at radius 1 is 1.45 bits per heavy atom. The molecule has 20 heavy (non-hydrogen) atoms. The number of amides is 1. The van der Waals surface area contributed by atoms with E-state index in [0.29, 0.717) is 5.13 Å². The van der Waals surface area contributed by atoms with Gasteiger partial charge in [0.15, 0.2) is 5.13 Å². The van der Waals surface area contributed by atoms with E-state index >= 15 is 0 Å². The highest BCUT2D eigenvalue weighted by molar-refractivity contribution is 9.10. The molecule has 0 aliphatic heterocycles. The van der Waals surface area contributed by atoms with Crippen molar-refractivity contribution in [3.05, 3.63) is 23.8 Å². The first-order valence-electron chi connectivity index (χ1n) is 6.98. The van der Waals surface area contributed by atoms with Gasteiger partial charge in [-0.3, -0.25) is 4.79 Å². The predicted molar refractivity (Wildman–Crippen MR) is 89.9 cm³/mol. The van der Waals surface area contributed by atoms with Crippen LogP contribution in [0.25, 0.3) is 10.2 Å². The van der Waals surface area contributed by atoms with Gasteiger partial charge in [-0.05, 0) is 37.0 Å². The molecular weight excluding hydrogens is 336 g/mol. The maximum atomic E-state index is 11.8. The molecule has 1 amide bonds. The minimum Gasteiger partial charge on any atom is -0.301 e. The molecule has 108 valence electrons. The molecular formula is C15H19BrN2OS. The molecule has 0 unspecified atom stereocenters. The maximum Gasteiger partial charge on any atom is 0.239 e. The Labute approximate surface area is 131 Å². The van der Waals surface area contributed by atoms with E-state index < -0.39 is 0 Å². The zero-order valence-electron chi connectivity index (χ0n) is 11.8. The predicted octanol–water partition coefficient (Wildman–Crippen LogP) is 4.75. The first-order chi connectivity index (χ1) is 9.63. The molecule has 0 saturated carbocycles. The van der Waals surface area contributed by atoms with Crippen LogP contribution in [0.4, 0.5) is 5.13 Å². The van der Waals surface area contributed by atoms with Crippen LogP contribution in [-0.2, 0) is 11.2 Å². The van der Waals surface area contributed by atoms with E-state index in [0.717, 1.165) is 23.1 Å². The van der Waals surface area contributed by atoms with Crippen molar-refractivity contribution >= 4 is 48.5 Å². The molecule has 0 aliphatic rings. The van der Waals surface area contributed by atoms with Crippen LogP contribution >= 0.6 is 27.3 Å². The summed E-state index contributed by atoms with van der Waals surface area (Å²) in [5, 5.41) is 3.54. The topological polar surface area (TPSA) is 42.0 Å². The van der Waals surface area contributed by atoms with Gasteiger partial charge in [0.2, 0.25) is 5.91 Å². The summed E-state index contributed by atoms with van der Waals surface area (Å²) >= 11 is 4.89. The van der Waals surface area contributed by atoms with E-state index in [1.165, 1.54) is 29.7 Å². The summed E-state index contributed by atoms with van der Waals surface area (Å²) in [6.07, 6.45) is 4.27. The van der Waals surface area contributed by atoms with Crippen molar-refractivity contribution in [1.82, 2.24) is 4.98 Å². The summed E-state index contributed by atoms with van der Waals surface area (Å²) in [6, 6.07) is 6.35. The third kappa shape index (κ3) is 3.79. The summed E-state index contributed by atoms with van der Waals surface area (Å²) in [7, 11) is 0. The molecule has 0 saturated heterocycles. The molecule has 5 heteroatoms. The fraction of sp³-hybridized carbons (Fsp3) is 0.467. The molecule has 1 N–H and O–H groups in total. The van der Waals surface area contributed by atoms with Gasteiger partial charge in [-0.1, -0.05) is 53.6 Å². The average Bonchev–Trinajstić information content (AvgIpc) is 2.85. The molecule has 2 rings (SSSR count). The Balaban J connectivity index is 2.14. The average molecular weight is 355 g/mol. The first-order valence-corrected chi connectivity index (χ1v) is 8.71. The minimum atomic E-state index is -0.158. The number of fused-ring (bicyclic) bond motifs is 1. The van der Waals surface area contributed by atoms with Crippen LogP contribution in [-0.4, -0.2) is 15.7 Å². The van der Waals surface area contributed by atoms with Crippen molar-refractivity contribution in [2.75, 3.05) is 5.32 Å². The lowest BCUT2D eigenvalue weighted by Crippen LogP contribution is -2.21. The third-order valence-electron chi connectivity index (χ3n) is 3.14. The van der Waals surface area contributed by atoms with E-state index in [9.17, 15) is 4.79 Å². The normalized spacial score (nSPS) is 12.6. The Bertz CT molecular complexity index is 597. The Hall–Kier alpha value is -0.940. The number of rotatable bonds is 6. The number of nitrogens with zero attached hydrogens (tertiary/aromatic N) is 1. The van der Waals surface area contributed by atoms with Gasteiger partial charge in [0, 0.05) is 0 Å². The Morgan fingerprint density at radius 2 is 2.25 bits per heavy atom. The van der Waals surface area contributed by atoms with Crippen LogP contribution in [0, 0.1) is 0 Å². The number of carbonyl (C=O) groups excluding carboxylic acids is 1. The highest BCUT2D eigenvalue weighted by Gasteiger charge is 2.14. The van der Waals surface area contributed by atoms with Gasteiger partial charge < -0.3 is 5.32 Å². The number of hydrogen-bond donors (Lipinski definition) is 1. The van der Waals surface area contributed by atoms with Crippen LogP contribution in [0.3, 0.4) is 0 Å². The summed E-state index contributed by atoms with van der Waals surface area (Å²) in [5.74, 6) is -0.0298. The molecule has 3 nitrogen and oxygen atoms in total. The summed E-state index contributed by atoms with van der Waals surface area (Å²) in [4.78, 5) is 16.1. The van der Waals surface area contributed by atoms with E-state index in [2.05, 4.69) is 45.3 Å². The SMILES string of the molecule is CCCCc1ccc2nc(NC(=O)[C@H](Br)CC)sc2c1. The smallest absolute Gasteiger partial charge is 0.239 e. The van der Waals surface area contributed by atoms with E-state index in [1.54, 1.807) is 0 Å². The second kappa shape index (κ2) is 7.18. The van der Waals surface area contributed by atoms with Gasteiger partial charge in [0.1, 0.15) is 0 Å². The number of halogens is 1. The number of carbonyl (C=O) groups is 1. The Morgan fingerprint density at radius 3 is 2.95 bits per heavy atom.